The number of hydrogen-bond donors (Lipinski definition) is 1. The first-order valence-corrected chi connectivity index (χ1v) is 7.05. The average molecular weight is 317 g/mol. The normalized spacial score (nSPS) is 20.0. The Balaban J connectivity index is 1.90. The van der Waals surface area contributed by atoms with Crippen LogP contribution in [0.25, 0.3) is 0 Å². The third-order valence-electron chi connectivity index (χ3n) is 3.77. The summed E-state index contributed by atoms with van der Waals surface area (Å²) < 4.78 is 39.9. The van der Waals surface area contributed by atoms with Crippen molar-refractivity contribution in [3.63, 3.8) is 0 Å². The molecule has 2 rings (SSSR count). The van der Waals surface area contributed by atoms with Gasteiger partial charge in [-0.25, -0.2) is 0 Å². The predicted molar refractivity (Wildman–Crippen MR) is 73.2 cm³/mol. The van der Waals surface area contributed by atoms with Crippen LogP contribution in [-0.2, 0) is 11.2 Å². The van der Waals surface area contributed by atoms with Crippen molar-refractivity contribution in [1.29, 1.82) is 0 Å². The van der Waals surface area contributed by atoms with E-state index in [0.29, 0.717) is 18.7 Å². The minimum atomic E-state index is -4.72. The molecule has 1 saturated heterocycles. The first kappa shape index (κ1) is 16.6. The number of likely N-dealkylation sites (tertiary alicyclic amines) is 1. The average Bonchev–Trinajstić information content (AvgIpc) is 2.89. The number of aliphatic hydroxyl groups excluding tert-OH is 1. The Bertz CT molecular complexity index is 514. The molecule has 7 heteroatoms. The number of rotatable bonds is 4. The van der Waals surface area contributed by atoms with Crippen molar-refractivity contribution in [3.8, 4) is 5.75 Å². The molecule has 122 valence electrons. The first-order chi connectivity index (χ1) is 10.2. The minimum Gasteiger partial charge on any atom is -0.406 e. The fourth-order valence-electron chi connectivity index (χ4n) is 2.50. The van der Waals surface area contributed by atoms with Crippen LogP contribution in [0.1, 0.15) is 18.9 Å². The van der Waals surface area contributed by atoms with Gasteiger partial charge in [-0.2, -0.15) is 0 Å². The fraction of sp³-hybridized carbons (Fsp3) is 0.533. The van der Waals surface area contributed by atoms with Crippen molar-refractivity contribution in [2.24, 2.45) is 5.92 Å². The lowest BCUT2D eigenvalue weighted by atomic mass is 10.0. The van der Waals surface area contributed by atoms with Gasteiger partial charge in [0.2, 0.25) is 5.91 Å². The summed E-state index contributed by atoms with van der Waals surface area (Å²) in [5, 5.41) is 9.52. The Morgan fingerprint density at radius 3 is 2.55 bits per heavy atom. The molecule has 22 heavy (non-hydrogen) atoms. The highest BCUT2D eigenvalue weighted by Crippen LogP contribution is 2.24. The molecule has 1 aromatic rings. The highest BCUT2D eigenvalue weighted by atomic mass is 19.4. The highest BCUT2D eigenvalue weighted by molar-refractivity contribution is 5.79. The van der Waals surface area contributed by atoms with Gasteiger partial charge >= 0.3 is 6.36 Å². The molecular weight excluding hydrogens is 299 g/mol. The van der Waals surface area contributed by atoms with Gasteiger partial charge in [-0.15, -0.1) is 13.2 Å². The maximum atomic E-state index is 12.1. The van der Waals surface area contributed by atoms with Crippen LogP contribution in [0.15, 0.2) is 24.3 Å². The summed E-state index contributed by atoms with van der Waals surface area (Å²) in [6, 6.07) is 5.28. The van der Waals surface area contributed by atoms with E-state index in [-0.39, 0.29) is 24.0 Å². The second-order valence-corrected chi connectivity index (χ2v) is 5.50. The molecule has 0 radical (unpaired) electrons. The summed E-state index contributed by atoms with van der Waals surface area (Å²) in [6.45, 7) is 2.83. The summed E-state index contributed by atoms with van der Waals surface area (Å²) >= 11 is 0. The van der Waals surface area contributed by atoms with Crippen LogP contribution in [-0.4, -0.2) is 41.5 Å². The summed E-state index contributed by atoms with van der Waals surface area (Å²) in [6.07, 6.45) is -4.28. The van der Waals surface area contributed by atoms with Gasteiger partial charge in [0.25, 0.3) is 0 Å². The van der Waals surface area contributed by atoms with Gasteiger partial charge in [-0.05, 0) is 31.0 Å². The Kier molecular flexibility index (Phi) is 4.95. The molecule has 0 aromatic heterocycles. The maximum absolute atomic E-state index is 12.1. The number of ether oxygens (including phenoxy) is 1. The van der Waals surface area contributed by atoms with Crippen LogP contribution in [0, 0.1) is 5.92 Å². The third kappa shape index (κ3) is 4.62. The van der Waals surface area contributed by atoms with E-state index in [1.165, 1.54) is 24.3 Å². The van der Waals surface area contributed by atoms with Crippen LogP contribution < -0.4 is 4.74 Å². The zero-order valence-corrected chi connectivity index (χ0v) is 12.1. The van der Waals surface area contributed by atoms with E-state index >= 15 is 0 Å². The SMILES string of the molecule is CC(O)C1CCN(C(=O)Cc2ccc(OC(F)(F)F)cc2)C1. The van der Waals surface area contributed by atoms with Crippen LogP contribution in [0.4, 0.5) is 13.2 Å². The molecule has 0 saturated carbocycles. The van der Waals surface area contributed by atoms with Crippen molar-refractivity contribution >= 4 is 5.91 Å². The smallest absolute Gasteiger partial charge is 0.406 e. The van der Waals surface area contributed by atoms with Crippen molar-refractivity contribution in [3.05, 3.63) is 29.8 Å². The van der Waals surface area contributed by atoms with Gasteiger partial charge in [0.1, 0.15) is 5.75 Å². The molecule has 1 fully saturated rings. The molecule has 1 heterocycles. The second kappa shape index (κ2) is 6.56. The van der Waals surface area contributed by atoms with E-state index in [2.05, 4.69) is 4.74 Å². The molecule has 2 unspecified atom stereocenters. The van der Waals surface area contributed by atoms with Crippen LogP contribution in [0.3, 0.4) is 0 Å². The number of amides is 1. The number of alkyl halides is 3. The number of carbonyl (C=O) groups is 1. The van der Waals surface area contributed by atoms with E-state index in [1.54, 1.807) is 11.8 Å². The number of carbonyl (C=O) groups excluding carboxylic acids is 1. The predicted octanol–water partition coefficient (Wildman–Crippen LogP) is 2.36. The quantitative estimate of drug-likeness (QED) is 0.927. The first-order valence-electron chi connectivity index (χ1n) is 7.05. The number of hydrogen-bond acceptors (Lipinski definition) is 3. The van der Waals surface area contributed by atoms with Gasteiger partial charge in [-0.1, -0.05) is 12.1 Å². The Hall–Kier alpha value is -1.76. The van der Waals surface area contributed by atoms with E-state index in [1.807, 2.05) is 0 Å². The molecule has 1 N–H and O–H groups in total. The number of halogens is 3. The summed E-state index contributed by atoms with van der Waals surface area (Å²) in [5.74, 6) is -0.307. The summed E-state index contributed by atoms with van der Waals surface area (Å²) in [4.78, 5) is 13.8. The van der Waals surface area contributed by atoms with Crippen LogP contribution in [0.5, 0.6) is 5.75 Å². The van der Waals surface area contributed by atoms with E-state index in [9.17, 15) is 23.1 Å². The standard InChI is InChI=1S/C15H18F3NO3/c1-10(20)12-6-7-19(9-12)14(21)8-11-2-4-13(5-3-11)22-15(16,17)18/h2-5,10,12,20H,6-9H2,1H3. The number of benzene rings is 1. The molecule has 1 aliphatic heterocycles. The van der Waals surface area contributed by atoms with E-state index in [4.69, 9.17) is 0 Å². The molecule has 1 amide bonds. The van der Waals surface area contributed by atoms with Crippen molar-refractivity contribution in [1.82, 2.24) is 4.90 Å². The van der Waals surface area contributed by atoms with Gasteiger partial charge in [0.05, 0.1) is 12.5 Å². The molecule has 1 aromatic carbocycles. The Morgan fingerprint density at radius 2 is 2.05 bits per heavy atom. The minimum absolute atomic E-state index is 0.0894. The van der Waals surface area contributed by atoms with Gasteiger partial charge in [-0.3, -0.25) is 4.79 Å². The van der Waals surface area contributed by atoms with Crippen molar-refractivity contribution < 1.29 is 27.8 Å². The molecule has 2 atom stereocenters. The zero-order valence-electron chi connectivity index (χ0n) is 12.1. The summed E-state index contributed by atoms with van der Waals surface area (Å²) in [7, 11) is 0. The topological polar surface area (TPSA) is 49.8 Å². The van der Waals surface area contributed by atoms with Gasteiger partial charge in [0.15, 0.2) is 0 Å². The van der Waals surface area contributed by atoms with Crippen LogP contribution in [0.2, 0.25) is 0 Å². The lowest BCUT2D eigenvalue weighted by Crippen LogP contribution is -2.31. The second-order valence-electron chi connectivity index (χ2n) is 5.50. The monoisotopic (exact) mass is 317 g/mol. The lowest BCUT2D eigenvalue weighted by Gasteiger charge is -2.18. The largest absolute Gasteiger partial charge is 0.573 e. The van der Waals surface area contributed by atoms with Crippen molar-refractivity contribution in [2.45, 2.75) is 32.2 Å². The number of aliphatic hydroxyl groups is 1. The molecule has 0 bridgehead atoms. The molecular formula is C15H18F3NO3. The van der Waals surface area contributed by atoms with E-state index in [0.717, 1.165) is 6.42 Å². The maximum Gasteiger partial charge on any atom is 0.573 e. The molecule has 1 aliphatic rings. The van der Waals surface area contributed by atoms with Gasteiger partial charge < -0.3 is 14.7 Å². The van der Waals surface area contributed by atoms with Crippen molar-refractivity contribution in [2.75, 3.05) is 13.1 Å². The van der Waals surface area contributed by atoms with Gasteiger partial charge in [0, 0.05) is 19.0 Å². The zero-order chi connectivity index (χ0) is 16.3. The molecule has 0 aliphatic carbocycles. The Morgan fingerprint density at radius 1 is 1.41 bits per heavy atom. The third-order valence-corrected chi connectivity index (χ3v) is 3.77. The Labute approximate surface area is 126 Å². The van der Waals surface area contributed by atoms with Crippen LogP contribution >= 0.6 is 0 Å². The fourth-order valence-corrected chi connectivity index (χ4v) is 2.50. The highest BCUT2D eigenvalue weighted by Gasteiger charge is 2.31. The van der Waals surface area contributed by atoms with E-state index < -0.39 is 12.5 Å². The molecule has 4 nitrogen and oxygen atoms in total. The molecule has 0 spiro atoms. The summed E-state index contributed by atoms with van der Waals surface area (Å²) in [5.41, 5.74) is 0.625. The number of nitrogens with zero attached hydrogens (tertiary/aromatic N) is 1. The lowest BCUT2D eigenvalue weighted by molar-refractivity contribution is -0.274.